The number of aromatic nitrogens is 4. The first-order chi connectivity index (χ1) is 12.7. The highest BCUT2D eigenvalue weighted by molar-refractivity contribution is 5.79. The van der Waals surface area contributed by atoms with Gasteiger partial charge in [0.25, 0.3) is 0 Å². The molecule has 130 valence electrons. The van der Waals surface area contributed by atoms with E-state index in [1.807, 2.05) is 12.1 Å². The van der Waals surface area contributed by atoms with Crippen molar-refractivity contribution in [1.82, 2.24) is 19.7 Å². The normalized spacial score (nSPS) is 12.2. The molecule has 0 amide bonds. The smallest absolute Gasteiger partial charge is 0.243 e. The van der Waals surface area contributed by atoms with Crippen molar-refractivity contribution in [2.75, 3.05) is 5.32 Å². The Morgan fingerprint density at radius 1 is 1.04 bits per heavy atom. The summed E-state index contributed by atoms with van der Waals surface area (Å²) in [5, 5.41) is 12.9. The van der Waals surface area contributed by atoms with E-state index in [1.165, 1.54) is 16.5 Å². The number of para-hydroxylation sites is 1. The van der Waals surface area contributed by atoms with Gasteiger partial charge in [-0.05, 0) is 36.9 Å². The summed E-state index contributed by atoms with van der Waals surface area (Å²) in [5.41, 5.74) is 4.31. The number of benzene rings is 2. The van der Waals surface area contributed by atoms with Crippen molar-refractivity contribution < 1.29 is 0 Å². The van der Waals surface area contributed by atoms with Crippen LogP contribution in [0.1, 0.15) is 12.5 Å². The Morgan fingerprint density at radius 3 is 2.73 bits per heavy atom. The Bertz CT molecular complexity index is 1040. The average Bonchev–Trinajstić information content (AvgIpc) is 3.05. The van der Waals surface area contributed by atoms with Gasteiger partial charge in [0.2, 0.25) is 5.95 Å². The van der Waals surface area contributed by atoms with Crippen LogP contribution in [0.5, 0.6) is 0 Å². The van der Waals surface area contributed by atoms with Crippen LogP contribution in [0.2, 0.25) is 0 Å². The third kappa shape index (κ3) is 3.28. The zero-order valence-corrected chi connectivity index (χ0v) is 14.9. The molecule has 0 bridgehead atoms. The van der Waals surface area contributed by atoms with Crippen LogP contribution in [-0.2, 0) is 6.54 Å². The van der Waals surface area contributed by atoms with Gasteiger partial charge in [0, 0.05) is 29.9 Å². The van der Waals surface area contributed by atoms with Gasteiger partial charge in [-0.25, -0.2) is 4.98 Å². The van der Waals surface area contributed by atoms with Gasteiger partial charge in [-0.15, -0.1) is 5.10 Å². The number of aryl methyl sites for hydroxylation is 1. The lowest BCUT2D eigenvalue weighted by Gasteiger charge is -2.15. The second-order valence-electron chi connectivity index (χ2n) is 6.55. The zero-order valence-electron chi connectivity index (χ0n) is 14.9. The zero-order chi connectivity index (χ0) is 17.9. The van der Waals surface area contributed by atoms with E-state index < -0.39 is 0 Å². The van der Waals surface area contributed by atoms with Crippen molar-refractivity contribution in [2.24, 2.45) is 0 Å². The SMILES string of the molecule is Cc1ccccc1-c1cnnc(NC(C)Cn2ccc3ccccc32)n1. The van der Waals surface area contributed by atoms with E-state index in [9.17, 15) is 0 Å². The Kier molecular flexibility index (Phi) is 4.35. The molecule has 0 fully saturated rings. The highest BCUT2D eigenvalue weighted by atomic mass is 15.2. The fraction of sp³-hybridized carbons (Fsp3) is 0.190. The molecule has 1 unspecified atom stereocenters. The minimum absolute atomic E-state index is 0.166. The molecule has 0 radical (unpaired) electrons. The third-order valence-electron chi connectivity index (χ3n) is 4.51. The van der Waals surface area contributed by atoms with Gasteiger partial charge >= 0.3 is 0 Å². The number of nitrogens with one attached hydrogen (secondary N) is 1. The van der Waals surface area contributed by atoms with E-state index in [-0.39, 0.29) is 6.04 Å². The Balaban J connectivity index is 1.52. The third-order valence-corrected chi connectivity index (χ3v) is 4.51. The van der Waals surface area contributed by atoms with Crippen LogP contribution in [0.4, 0.5) is 5.95 Å². The second-order valence-corrected chi connectivity index (χ2v) is 6.55. The number of rotatable bonds is 5. The highest BCUT2D eigenvalue weighted by Gasteiger charge is 2.10. The van der Waals surface area contributed by atoms with Crippen LogP contribution in [-0.4, -0.2) is 25.8 Å². The van der Waals surface area contributed by atoms with E-state index >= 15 is 0 Å². The first-order valence-electron chi connectivity index (χ1n) is 8.77. The molecule has 1 atom stereocenters. The van der Waals surface area contributed by atoms with Crippen LogP contribution in [0, 0.1) is 6.92 Å². The second kappa shape index (κ2) is 6.96. The predicted molar refractivity (Wildman–Crippen MR) is 105 cm³/mol. The van der Waals surface area contributed by atoms with Crippen LogP contribution in [0.25, 0.3) is 22.2 Å². The summed E-state index contributed by atoms with van der Waals surface area (Å²) < 4.78 is 2.24. The Labute approximate surface area is 152 Å². The number of hydrogen-bond acceptors (Lipinski definition) is 4. The van der Waals surface area contributed by atoms with E-state index in [0.29, 0.717) is 5.95 Å². The topological polar surface area (TPSA) is 55.6 Å². The standard InChI is InChI=1S/C21H21N5/c1-15-7-3-5-9-18(15)19-13-22-25-21(24-19)23-16(2)14-26-12-11-17-8-4-6-10-20(17)26/h3-13,16H,14H2,1-2H3,(H,23,24,25). The highest BCUT2D eigenvalue weighted by Crippen LogP contribution is 2.21. The number of hydrogen-bond donors (Lipinski definition) is 1. The van der Waals surface area contributed by atoms with Gasteiger partial charge in [-0.1, -0.05) is 42.5 Å². The van der Waals surface area contributed by atoms with E-state index in [0.717, 1.165) is 17.8 Å². The molecule has 1 N–H and O–H groups in total. The monoisotopic (exact) mass is 343 g/mol. The molecule has 2 aromatic heterocycles. The van der Waals surface area contributed by atoms with Crippen molar-refractivity contribution in [3.8, 4) is 11.3 Å². The molecule has 0 spiro atoms. The molecule has 5 nitrogen and oxygen atoms in total. The van der Waals surface area contributed by atoms with Crippen molar-refractivity contribution >= 4 is 16.9 Å². The maximum atomic E-state index is 4.64. The summed E-state index contributed by atoms with van der Waals surface area (Å²) in [6.07, 6.45) is 3.82. The summed E-state index contributed by atoms with van der Waals surface area (Å²) in [7, 11) is 0. The van der Waals surface area contributed by atoms with Gasteiger partial charge in [-0.2, -0.15) is 5.10 Å². The maximum absolute atomic E-state index is 4.64. The van der Waals surface area contributed by atoms with Crippen LogP contribution in [0.15, 0.2) is 67.0 Å². The van der Waals surface area contributed by atoms with Gasteiger partial charge < -0.3 is 9.88 Å². The summed E-state index contributed by atoms with van der Waals surface area (Å²) in [6, 6.07) is 18.9. The molecule has 0 aliphatic carbocycles. The average molecular weight is 343 g/mol. The number of anilines is 1. The van der Waals surface area contributed by atoms with Gasteiger partial charge in [0.05, 0.1) is 11.9 Å². The lowest BCUT2D eigenvalue weighted by molar-refractivity contribution is 0.631. The van der Waals surface area contributed by atoms with Gasteiger partial charge in [-0.3, -0.25) is 0 Å². The van der Waals surface area contributed by atoms with Crippen molar-refractivity contribution in [3.05, 3.63) is 72.6 Å². The predicted octanol–water partition coefficient (Wildman–Crippen LogP) is 4.30. The summed E-state index contributed by atoms with van der Waals surface area (Å²) in [6.45, 7) is 5.02. The molecule has 0 saturated carbocycles. The molecule has 26 heavy (non-hydrogen) atoms. The largest absolute Gasteiger partial charge is 0.349 e. The maximum Gasteiger partial charge on any atom is 0.243 e. The van der Waals surface area contributed by atoms with E-state index in [2.05, 4.69) is 87.6 Å². The minimum atomic E-state index is 0.166. The molecule has 0 aliphatic heterocycles. The molecule has 0 aliphatic rings. The molecule has 2 heterocycles. The Hall–Kier alpha value is -3.21. The van der Waals surface area contributed by atoms with Crippen molar-refractivity contribution in [1.29, 1.82) is 0 Å². The summed E-state index contributed by atoms with van der Waals surface area (Å²) in [4.78, 5) is 4.64. The molecular formula is C21H21N5. The van der Waals surface area contributed by atoms with E-state index in [1.54, 1.807) is 6.20 Å². The van der Waals surface area contributed by atoms with Gasteiger partial charge in [0.1, 0.15) is 0 Å². The number of fused-ring (bicyclic) bond motifs is 1. The fourth-order valence-corrected chi connectivity index (χ4v) is 3.22. The number of nitrogens with zero attached hydrogens (tertiary/aromatic N) is 4. The quantitative estimate of drug-likeness (QED) is 0.587. The minimum Gasteiger partial charge on any atom is -0.349 e. The molecule has 0 saturated heterocycles. The molecular weight excluding hydrogens is 322 g/mol. The van der Waals surface area contributed by atoms with Crippen LogP contribution in [0.3, 0.4) is 0 Å². The van der Waals surface area contributed by atoms with Crippen molar-refractivity contribution in [2.45, 2.75) is 26.4 Å². The van der Waals surface area contributed by atoms with Crippen LogP contribution >= 0.6 is 0 Å². The molecule has 4 aromatic rings. The van der Waals surface area contributed by atoms with Crippen molar-refractivity contribution in [3.63, 3.8) is 0 Å². The first kappa shape index (κ1) is 16.3. The molecule has 2 aromatic carbocycles. The Morgan fingerprint density at radius 2 is 1.85 bits per heavy atom. The molecule has 5 heteroatoms. The lowest BCUT2D eigenvalue weighted by atomic mass is 10.1. The molecule has 4 rings (SSSR count). The van der Waals surface area contributed by atoms with Crippen LogP contribution < -0.4 is 5.32 Å². The fourth-order valence-electron chi connectivity index (χ4n) is 3.22. The lowest BCUT2D eigenvalue weighted by Crippen LogP contribution is -2.23. The summed E-state index contributed by atoms with van der Waals surface area (Å²) >= 11 is 0. The summed E-state index contributed by atoms with van der Waals surface area (Å²) in [5.74, 6) is 0.551. The van der Waals surface area contributed by atoms with Gasteiger partial charge in [0.15, 0.2) is 0 Å². The first-order valence-corrected chi connectivity index (χ1v) is 8.77. The van der Waals surface area contributed by atoms with E-state index in [4.69, 9.17) is 0 Å².